The van der Waals surface area contributed by atoms with Gasteiger partial charge in [-0.05, 0) is 24.1 Å². The highest BCUT2D eigenvalue weighted by atomic mass is 16.5. The Morgan fingerprint density at radius 1 is 1.29 bits per heavy atom. The van der Waals surface area contributed by atoms with Gasteiger partial charge in [0.15, 0.2) is 0 Å². The number of ether oxygens (including phenoxy) is 1. The third-order valence-electron chi connectivity index (χ3n) is 4.20. The van der Waals surface area contributed by atoms with Crippen LogP contribution in [0.3, 0.4) is 0 Å². The molecule has 0 saturated carbocycles. The van der Waals surface area contributed by atoms with Crippen LogP contribution in [0.1, 0.15) is 22.3 Å². The first-order chi connectivity index (χ1) is 10.2. The number of likely N-dealkylation sites (tertiary alicyclic amines) is 1. The van der Waals surface area contributed by atoms with Crippen LogP contribution < -0.4 is 5.73 Å². The number of nitrogens with two attached hydrogens (primary N) is 1. The van der Waals surface area contributed by atoms with E-state index in [2.05, 4.69) is 11.0 Å². The largest absolute Gasteiger partial charge is 0.379 e. The molecule has 2 saturated heterocycles. The summed E-state index contributed by atoms with van der Waals surface area (Å²) in [5, 5.41) is 0. The van der Waals surface area contributed by atoms with Gasteiger partial charge in [-0.2, -0.15) is 0 Å². The van der Waals surface area contributed by atoms with E-state index in [-0.39, 0.29) is 11.9 Å². The van der Waals surface area contributed by atoms with E-state index in [4.69, 9.17) is 10.5 Å². The fourth-order valence-corrected chi connectivity index (χ4v) is 2.97. The molecule has 3 rings (SSSR count). The minimum Gasteiger partial charge on any atom is -0.379 e. The first-order valence-corrected chi connectivity index (χ1v) is 7.66. The predicted octanol–water partition coefficient (Wildman–Crippen LogP) is 0.692. The molecule has 2 aliphatic rings. The summed E-state index contributed by atoms with van der Waals surface area (Å²) >= 11 is 0. The molecule has 5 heteroatoms. The lowest BCUT2D eigenvalue weighted by molar-refractivity contribution is 0.0341. The lowest BCUT2D eigenvalue weighted by atomic mass is 10.1. The minimum absolute atomic E-state index is 0.103. The van der Waals surface area contributed by atoms with Crippen molar-refractivity contribution in [3.05, 3.63) is 35.4 Å². The van der Waals surface area contributed by atoms with Crippen LogP contribution in [0.25, 0.3) is 0 Å². The molecule has 0 radical (unpaired) electrons. The molecule has 1 amide bonds. The van der Waals surface area contributed by atoms with Crippen LogP contribution in [-0.2, 0) is 11.3 Å². The third-order valence-corrected chi connectivity index (χ3v) is 4.20. The Labute approximate surface area is 125 Å². The van der Waals surface area contributed by atoms with Gasteiger partial charge in [-0.1, -0.05) is 12.1 Å². The Morgan fingerprint density at radius 3 is 2.81 bits per heavy atom. The van der Waals surface area contributed by atoms with Crippen LogP contribution >= 0.6 is 0 Å². The zero-order valence-corrected chi connectivity index (χ0v) is 12.3. The Morgan fingerprint density at radius 2 is 2.10 bits per heavy atom. The predicted molar refractivity (Wildman–Crippen MR) is 81.0 cm³/mol. The van der Waals surface area contributed by atoms with E-state index in [1.54, 1.807) is 0 Å². The highest BCUT2D eigenvalue weighted by molar-refractivity contribution is 5.94. The molecule has 1 aromatic carbocycles. The van der Waals surface area contributed by atoms with Gasteiger partial charge in [-0.3, -0.25) is 9.69 Å². The van der Waals surface area contributed by atoms with Crippen molar-refractivity contribution >= 4 is 5.91 Å². The van der Waals surface area contributed by atoms with Gasteiger partial charge in [0, 0.05) is 44.3 Å². The molecule has 0 bridgehead atoms. The molecule has 2 N–H and O–H groups in total. The topological polar surface area (TPSA) is 58.8 Å². The first-order valence-electron chi connectivity index (χ1n) is 7.66. The summed E-state index contributed by atoms with van der Waals surface area (Å²) in [6, 6.07) is 8.10. The second-order valence-corrected chi connectivity index (χ2v) is 5.89. The summed E-state index contributed by atoms with van der Waals surface area (Å²) in [5.41, 5.74) is 7.84. The third kappa shape index (κ3) is 3.61. The van der Waals surface area contributed by atoms with E-state index in [1.807, 2.05) is 23.1 Å². The van der Waals surface area contributed by atoms with Crippen LogP contribution in [0, 0.1) is 0 Å². The van der Waals surface area contributed by atoms with Crippen molar-refractivity contribution in [2.45, 2.75) is 19.0 Å². The fourth-order valence-electron chi connectivity index (χ4n) is 2.97. The summed E-state index contributed by atoms with van der Waals surface area (Å²) in [6.45, 7) is 5.83. The average molecular weight is 289 g/mol. The van der Waals surface area contributed by atoms with Gasteiger partial charge >= 0.3 is 0 Å². The van der Waals surface area contributed by atoms with E-state index in [0.29, 0.717) is 6.54 Å². The number of rotatable bonds is 3. The van der Waals surface area contributed by atoms with Crippen molar-refractivity contribution in [1.29, 1.82) is 0 Å². The van der Waals surface area contributed by atoms with Crippen LogP contribution in [0.15, 0.2) is 24.3 Å². The van der Waals surface area contributed by atoms with E-state index in [1.165, 1.54) is 5.56 Å². The lowest BCUT2D eigenvalue weighted by Gasteiger charge is -2.26. The van der Waals surface area contributed by atoms with Crippen molar-refractivity contribution in [3.63, 3.8) is 0 Å². The zero-order chi connectivity index (χ0) is 14.7. The van der Waals surface area contributed by atoms with E-state index in [9.17, 15) is 4.79 Å². The molecular weight excluding hydrogens is 266 g/mol. The Bertz CT molecular complexity index is 500. The molecule has 2 aliphatic heterocycles. The number of carbonyl (C=O) groups excluding carboxylic acids is 1. The van der Waals surface area contributed by atoms with Crippen molar-refractivity contribution in [1.82, 2.24) is 9.80 Å². The normalized spacial score (nSPS) is 23.5. The summed E-state index contributed by atoms with van der Waals surface area (Å²) in [4.78, 5) is 16.7. The van der Waals surface area contributed by atoms with Gasteiger partial charge in [-0.25, -0.2) is 0 Å². The molecule has 2 heterocycles. The summed E-state index contributed by atoms with van der Waals surface area (Å²) in [5.74, 6) is 0.103. The van der Waals surface area contributed by atoms with Gasteiger partial charge in [0.1, 0.15) is 0 Å². The van der Waals surface area contributed by atoms with E-state index < -0.39 is 0 Å². The summed E-state index contributed by atoms with van der Waals surface area (Å²) in [6.07, 6.45) is 0.902. The number of hydrogen-bond acceptors (Lipinski definition) is 4. The van der Waals surface area contributed by atoms with Gasteiger partial charge in [-0.15, -0.1) is 0 Å². The first kappa shape index (κ1) is 14.5. The molecule has 1 aromatic rings. The molecule has 0 spiro atoms. The molecule has 1 unspecified atom stereocenters. The number of amides is 1. The van der Waals surface area contributed by atoms with Crippen molar-refractivity contribution in [3.8, 4) is 0 Å². The van der Waals surface area contributed by atoms with Crippen molar-refractivity contribution < 1.29 is 9.53 Å². The lowest BCUT2D eigenvalue weighted by Crippen LogP contribution is -2.35. The standard InChI is InChI=1S/C16H23N3O2/c17-15-4-5-19(12-15)16(20)14-3-1-2-13(10-14)11-18-6-8-21-9-7-18/h1-3,10,15H,4-9,11-12,17H2. The number of morpholine rings is 1. The maximum absolute atomic E-state index is 12.5. The molecule has 114 valence electrons. The molecule has 1 atom stereocenters. The van der Waals surface area contributed by atoms with Crippen molar-refractivity contribution in [2.24, 2.45) is 5.73 Å². The molecule has 2 fully saturated rings. The smallest absolute Gasteiger partial charge is 0.253 e. The quantitative estimate of drug-likeness (QED) is 0.889. The van der Waals surface area contributed by atoms with Gasteiger partial charge in [0.2, 0.25) is 0 Å². The van der Waals surface area contributed by atoms with Crippen LogP contribution in [0.2, 0.25) is 0 Å². The van der Waals surface area contributed by atoms with E-state index in [0.717, 1.165) is 51.4 Å². The minimum atomic E-state index is 0.103. The zero-order valence-electron chi connectivity index (χ0n) is 12.3. The Hall–Kier alpha value is -1.43. The van der Waals surface area contributed by atoms with Crippen molar-refractivity contribution in [2.75, 3.05) is 39.4 Å². The SMILES string of the molecule is NC1CCN(C(=O)c2cccc(CN3CCOCC3)c2)C1. The second-order valence-electron chi connectivity index (χ2n) is 5.89. The van der Waals surface area contributed by atoms with E-state index >= 15 is 0 Å². The number of carbonyl (C=O) groups is 1. The molecule has 0 aliphatic carbocycles. The maximum atomic E-state index is 12.5. The molecule has 21 heavy (non-hydrogen) atoms. The van der Waals surface area contributed by atoms with Gasteiger partial charge in [0.05, 0.1) is 13.2 Å². The van der Waals surface area contributed by atoms with Gasteiger partial charge in [0.25, 0.3) is 5.91 Å². The molecular formula is C16H23N3O2. The monoisotopic (exact) mass is 289 g/mol. The number of nitrogens with zero attached hydrogens (tertiary/aromatic N) is 2. The van der Waals surface area contributed by atoms with Crippen LogP contribution in [-0.4, -0.2) is 61.1 Å². The second kappa shape index (κ2) is 6.56. The maximum Gasteiger partial charge on any atom is 0.253 e. The molecule has 0 aromatic heterocycles. The van der Waals surface area contributed by atoms with Crippen LogP contribution in [0.5, 0.6) is 0 Å². The fraction of sp³-hybridized carbons (Fsp3) is 0.562. The van der Waals surface area contributed by atoms with Gasteiger partial charge < -0.3 is 15.4 Å². The highest BCUT2D eigenvalue weighted by Gasteiger charge is 2.24. The Balaban J connectivity index is 1.66. The number of hydrogen-bond donors (Lipinski definition) is 1. The van der Waals surface area contributed by atoms with Crippen LogP contribution in [0.4, 0.5) is 0 Å². The summed E-state index contributed by atoms with van der Waals surface area (Å²) < 4.78 is 5.36. The average Bonchev–Trinajstić information content (AvgIpc) is 2.94. The number of benzene rings is 1. The summed E-state index contributed by atoms with van der Waals surface area (Å²) in [7, 11) is 0. The highest BCUT2D eigenvalue weighted by Crippen LogP contribution is 2.15. The Kier molecular flexibility index (Phi) is 4.53. The molecule has 5 nitrogen and oxygen atoms in total.